The zero-order valence-electron chi connectivity index (χ0n) is 13.4. The molecule has 1 aromatic heterocycles. The highest BCUT2D eigenvalue weighted by atomic mass is 16.3. The average Bonchev–Trinajstić information content (AvgIpc) is 2.76. The van der Waals surface area contributed by atoms with Gasteiger partial charge in [-0.25, -0.2) is 0 Å². The van der Waals surface area contributed by atoms with Crippen molar-refractivity contribution in [3.8, 4) is 6.07 Å². The summed E-state index contributed by atoms with van der Waals surface area (Å²) >= 11 is 0. The van der Waals surface area contributed by atoms with Gasteiger partial charge in [0.2, 0.25) is 0 Å². The Morgan fingerprint density at radius 3 is 2.50 bits per heavy atom. The van der Waals surface area contributed by atoms with Gasteiger partial charge in [0.1, 0.15) is 0 Å². The first kappa shape index (κ1) is 16.2. The first-order valence-corrected chi connectivity index (χ1v) is 7.36. The second kappa shape index (κ2) is 7.21. The molecule has 0 aliphatic heterocycles. The van der Waals surface area contributed by atoms with Crippen molar-refractivity contribution in [3.05, 3.63) is 52.3 Å². The molecule has 0 aliphatic carbocycles. The molecule has 0 atom stereocenters. The van der Waals surface area contributed by atoms with Crippen LogP contribution in [0.25, 0.3) is 0 Å². The highest BCUT2D eigenvalue weighted by Crippen LogP contribution is 2.16. The monoisotopic (exact) mass is 298 g/mol. The first-order valence-electron chi connectivity index (χ1n) is 7.36. The number of benzene rings is 1. The van der Waals surface area contributed by atoms with Gasteiger partial charge in [0, 0.05) is 24.3 Å². The van der Waals surface area contributed by atoms with Crippen molar-refractivity contribution in [1.82, 2.24) is 14.7 Å². The average molecular weight is 298 g/mol. The molecule has 2 aromatic rings. The van der Waals surface area contributed by atoms with E-state index in [1.807, 2.05) is 42.8 Å². The fraction of sp³-hybridized carbons (Fsp3) is 0.412. The van der Waals surface area contributed by atoms with Crippen molar-refractivity contribution < 1.29 is 5.11 Å². The molecule has 0 saturated heterocycles. The van der Waals surface area contributed by atoms with Crippen molar-refractivity contribution in [1.29, 1.82) is 5.26 Å². The fourth-order valence-corrected chi connectivity index (χ4v) is 2.60. The van der Waals surface area contributed by atoms with Gasteiger partial charge in [0.25, 0.3) is 0 Å². The van der Waals surface area contributed by atoms with Crippen LogP contribution in [0.2, 0.25) is 0 Å². The molecule has 2 rings (SSSR count). The van der Waals surface area contributed by atoms with Crippen molar-refractivity contribution in [2.45, 2.75) is 33.5 Å². The van der Waals surface area contributed by atoms with Crippen molar-refractivity contribution in [3.63, 3.8) is 0 Å². The number of rotatable bonds is 6. The fourth-order valence-electron chi connectivity index (χ4n) is 2.60. The van der Waals surface area contributed by atoms with E-state index in [9.17, 15) is 0 Å². The Morgan fingerprint density at radius 1 is 1.23 bits per heavy atom. The molecule has 0 fully saturated rings. The van der Waals surface area contributed by atoms with Gasteiger partial charge in [-0.05, 0) is 38.6 Å². The summed E-state index contributed by atoms with van der Waals surface area (Å²) in [5.41, 5.74) is 5.20. The third-order valence-electron chi connectivity index (χ3n) is 3.81. The largest absolute Gasteiger partial charge is 0.394 e. The number of aryl methyl sites for hydroxylation is 1. The maximum Gasteiger partial charge on any atom is 0.0991 e. The molecule has 22 heavy (non-hydrogen) atoms. The molecule has 0 unspecified atom stereocenters. The van der Waals surface area contributed by atoms with Gasteiger partial charge in [-0.3, -0.25) is 9.58 Å². The Morgan fingerprint density at radius 2 is 1.91 bits per heavy atom. The van der Waals surface area contributed by atoms with Gasteiger partial charge >= 0.3 is 0 Å². The Labute approximate surface area is 131 Å². The molecule has 1 aromatic carbocycles. The third-order valence-corrected chi connectivity index (χ3v) is 3.81. The predicted octanol–water partition coefficient (Wildman–Crippen LogP) is 2.00. The van der Waals surface area contributed by atoms with Crippen LogP contribution in [0.1, 0.15) is 28.1 Å². The molecule has 1 N–H and O–H groups in total. The van der Waals surface area contributed by atoms with Gasteiger partial charge in [0.05, 0.1) is 30.5 Å². The SMILES string of the molecule is Cc1nn(CCO)c(C)c1CN(C)Cc1ccc(C#N)cc1. The zero-order valence-corrected chi connectivity index (χ0v) is 13.4. The Bertz CT molecular complexity index is 667. The summed E-state index contributed by atoms with van der Waals surface area (Å²) in [4.78, 5) is 2.22. The summed E-state index contributed by atoms with van der Waals surface area (Å²) in [7, 11) is 2.07. The molecule has 0 bridgehead atoms. The van der Waals surface area contributed by atoms with Crippen molar-refractivity contribution in [2.24, 2.45) is 0 Å². The molecular formula is C17H22N4O. The number of hydrogen-bond acceptors (Lipinski definition) is 4. The Kier molecular flexibility index (Phi) is 5.31. The summed E-state index contributed by atoms with van der Waals surface area (Å²) in [5.74, 6) is 0. The minimum absolute atomic E-state index is 0.0997. The molecule has 5 heteroatoms. The van der Waals surface area contributed by atoms with E-state index in [1.165, 1.54) is 11.1 Å². The second-order valence-electron chi connectivity index (χ2n) is 5.58. The summed E-state index contributed by atoms with van der Waals surface area (Å²) in [6.45, 7) is 6.31. The summed E-state index contributed by atoms with van der Waals surface area (Å²) in [6, 6.07) is 9.80. The van der Waals surface area contributed by atoms with Gasteiger partial charge in [-0.2, -0.15) is 10.4 Å². The second-order valence-corrected chi connectivity index (χ2v) is 5.58. The zero-order chi connectivity index (χ0) is 16.1. The smallest absolute Gasteiger partial charge is 0.0991 e. The van der Waals surface area contributed by atoms with Crippen molar-refractivity contribution >= 4 is 0 Å². The molecule has 5 nitrogen and oxygen atoms in total. The lowest BCUT2D eigenvalue weighted by Crippen LogP contribution is -2.18. The van der Waals surface area contributed by atoms with Gasteiger partial charge < -0.3 is 5.11 Å². The molecular weight excluding hydrogens is 276 g/mol. The number of aromatic nitrogens is 2. The summed E-state index contributed by atoms with van der Waals surface area (Å²) < 4.78 is 1.86. The minimum Gasteiger partial charge on any atom is -0.394 e. The van der Waals surface area contributed by atoms with E-state index in [0.29, 0.717) is 12.1 Å². The maximum atomic E-state index is 9.07. The van der Waals surface area contributed by atoms with Crippen LogP contribution < -0.4 is 0 Å². The topological polar surface area (TPSA) is 65.1 Å². The number of nitriles is 1. The van der Waals surface area contributed by atoms with Crippen LogP contribution in [0.4, 0.5) is 0 Å². The van der Waals surface area contributed by atoms with Crippen molar-refractivity contribution in [2.75, 3.05) is 13.7 Å². The minimum atomic E-state index is 0.0997. The van der Waals surface area contributed by atoms with E-state index in [1.54, 1.807) is 0 Å². The number of aliphatic hydroxyl groups excluding tert-OH is 1. The Hall–Kier alpha value is -2.16. The molecule has 0 saturated carbocycles. The van der Waals surface area contributed by atoms with E-state index in [4.69, 9.17) is 10.4 Å². The standard InChI is InChI=1S/C17H22N4O/c1-13-17(14(2)21(19-13)8-9-22)12-20(3)11-16-6-4-15(10-18)5-7-16/h4-7,22H,8-9,11-12H2,1-3H3. The number of hydrogen-bond donors (Lipinski definition) is 1. The van der Waals surface area contributed by atoms with Crippen LogP contribution in [0.15, 0.2) is 24.3 Å². The maximum absolute atomic E-state index is 9.07. The molecule has 0 aliphatic rings. The molecule has 0 radical (unpaired) electrons. The van der Waals surface area contributed by atoms with Crippen LogP contribution in [0, 0.1) is 25.2 Å². The number of aliphatic hydroxyl groups is 1. The lowest BCUT2D eigenvalue weighted by molar-refractivity contribution is 0.267. The molecule has 0 amide bonds. The van der Waals surface area contributed by atoms with E-state index in [2.05, 4.69) is 23.1 Å². The van der Waals surface area contributed by atoms with Crippen LogP contribution in [0.5, 0.6) is 0 Å². The van der Waals surface area contributed by atoms with E-state index in [0.717, 1.165) is 24.5 Å². The van der Waals surface area contributed by atoms with Gasteiger partial charge in [-0.15, -0.1) is 0 Å². The van der Waals surface area contributed by atoms with Crippen LogP contribution in [-0.2, 0) is 19.6 Å². The van der Waals surface area contributed by atoms with Crippen LogP contribution >= 0.6 is 0 Å². The summed E-state index contributed by atoms with van der Waals surface area (Å²) in [5, 5.41) is 22.4. The lowest BCUT2D eigenvalue weighted by atomic mass is 10.1. The highest BCUT2D eigenvalue weighted by molar-refractivity contribution is 5.31. The summed E-state index contributed by atoms with van der Waals surface area (Å²) in [6.07, 6.45) is 0. The highest BCUT2D eigenvalue weighted by Gasteiger charge is 2.13. The lowest BCUT2D eigenvalue weighted by Gasteiger charge is -2.17. The molecule has 0 spiro atoms. The van der Waals surface area contributed by atoms with Crippen LogP contribution in [0.3, 0.4) is 0 Å². The van der Waals surface area contributed by atoms with Gasteiger partial charge in [0.15, 0.2) is 0 Å². The van der Waals surface area contributed by atoms with E-state index >= 15 is 0 Å². The molecule has 1 heterocycles. The molecule has 116 valence electrons. The van der Waals surface area contributed by atoms with E-state index in [-0.39, 0.29) is 6.61 Å². The van der Waals surface area contributed by atoms with E-state index < -0.39 is 0 Å². The normalized spacial score (nSPS) is 10.9. The number of nitrogens with zero attached hydrogens (tertiary/aromatic N) is 4. The van der Waals surface area contributed by atoms with Gasteiger partial charge in [-0.1, -0.05) is 12.1 Å². The Balaban J connectivity index is 2.05. The van der Waals surface area contributed by atoms with Crippen LogP contribution in [-0.4, -0.2) is 33.4 Å². The quantitative estimate of drug-likeness (QED) is 0.886. The first-order chi connectivity index (χ1) is 10.5. The third kappa shape index (κ3) is 3.73. The predicted molar refractivity (Wildman–Crippen MR) is 85.1 cm³/mol.